The van der Waals surface area contributed by atoms with E-state index < -0.39 is 39.5 Å². The van der Waals surface area contributed by atoms with E-state index in [-0.39, 0.29) is 13.1 Å². The summed E-state index contributed by atoms with van der Waals surface area (Å²) in [5.74, 6) is -2.14. The van der Waals surface area contributed by atoms with Crippen LogP contribution >= 0.6 is 0 Å². The van der Waals surface area contributed by atoms with Gasteiger partial charge in [-0.1, -0.05) is 0 Å². The molecule has 1 rings (SSSR count). The number of hydrogen-bond acceptors (Lipinski definition) is 4. The van der Waals surface area contributed by atoms with Gasteiger partial charge in [0, 0.05) is 13.1 Å². The van der Waals surface area contributed by atoms with Crippen LogP contribution in [0.4, 0.5) is 0 Å². The SMILES string of the molecule is CC1(C(N)=O)CCN(S(=O)(=O)CCC(=O)O)C1. The molecule has 0 aromatic heterocycles. The number of carboxylic acid groups (broad SMARTS) is 1. The number of sulfonamides is 1. The van der Waals surface area contributed by atoms with Gasteiger partial charge in [0.15, 0.2) is 0 Å². The third kappa shape index (κ3) is 3.16. The average Bonchev–Trinajstić information content (AvgIpc) is 2.60. The van der Waals surface area contributed by atoms with Gasteiger partial charge in [0.05, 0.1) is 17.6 Å². The molecule has 0 radical (unpaired) electrons. The van der Waals surface area contributed by atoms with E-state index in [9.17, 15) is 18.0 Å². The fourth-order valence-corrected chi connectivity index (χ4v) is 3.24. The number of carboxylic acids is 1. The third-order valence-corrected chi connectivity index (χ3v) is 4.82. The molecule has 1 aliphatic heterocycles. The molecule has 1 unspecified atom stereocenters. The van der Waals surface area contributed by atoms with Crippen LogP contribution in [-0.2, 0) is 19.6 Å². The fourth-order valence-electron chi connectivity index (χ4n) is 1.70. The molecule has 17 heavy (non-hydrogen) atoms. The average molecular weight is 264 g/mol. The molecule has 0 bridgehead atoms. The van der Waals surface area contributed by atoms with Crippen molar-refractivity contribution < 1.29 is 23.1 Å². The number of carbonyl (C=O) groups is 2. The Labute approximate surface area is 99.6 Å². The van der Waals surface area contributed by atoms with Gasteiger partial charge in [-0.2, -0.15) is 0 Å². The molecule has 1 fully saturated rings. The van der Waals surface area contributed by atoms with Crippen LogP contribution in [0.3, 0.4) is 0 Å². The molecule has 1 atom stereocenters. The monoisotopic (exact) mass is 264 g/mol. The van der Waals surface area contributed by atoms with E-state index in [4.69, 9.17) is 10.8 Å². The Balaban J connectivity index is 2.71. The van der Waals surface area contributed by atoms with Crippen molar-refractivity contribution in [1.29, 1.82) is 0 Å². The minimum absolute atomic E-state index is 0.0320. The Morgan fingerprint density at radius 3 is 2.47 bits per heavy atom. The Morgan fingerprint density at radius 1 is 1.47 bits per heavy atom. The molecule has 0 spiro atoms. The van der Waals surface area contributed by atoms with Crippen LogP contribution in [0.5, 0.6) is 0 Å². The van der Waals surface area contributed by atoms with Gasteiger partial charge in [-0.05, 0) is 13.3 Å². The molecular formula is C9H16N2O5S. The topological polar surface area (TPSA) is 118 Å². The summed E-state index contributed by atoms with van der Waals surface area (Å²) in [5.41, 5.74) is 4.35. The highest BCUT2D eigenvalue weighted by Gasteiger charge is 2.43. The van der Waals surface area contributed by atoms with Crippen molar-refractivity contribution in [1.82, 2.24) is 4.31 Å². The number of nitrogens with zero attached hydrogens (tertiary/aromatic N) is 1. The molecule has 1 aliphatic rings. The third-order valence-electron chi connectivity index (χ3n) is 3.00. The summed E-state index contributed by atoms with van der Waals surface area (Å²) >= 11 is 0. The number of rotatable bonds is 5. The smallest absolute Gasteiger partial charge is 0.304 e. The maximum atomic E-state index is 11.8. The number of amides is 1. The van der Waals surface area contributed by atoms with Crippen LogP contribution in [0.2, 0.25) is 0 Å². The van der Waals surface area contributed by atoms with E-state index in [1.807, 2.05) is 0 Å². The van der Waals surface area contributed by atoms with Crippen molar-refractivity contribution in [2.75, 3.05) is 18.8 Å². The second-order valence-corrected chi connectivity index (χ2v) is 6.56. The molecule has 1 amide bonds. The molecule has 1 saturated heterocycles. The van der Waals surface area contributed by atoms with Crippen LogP contribution in [-0.4, -0.2) is 48.5 Å². The van der Waals surface area contributed by atoms with E-state index in [0.29, 0.717) is 6.42 Å². The first-order valence-corrected chi connectivity index (χ1v) is 6.78. The highest BCUT2D eigenvalue weighted by molar-refractivity contribution is 7.89. The molecule has 3 N–H and O–H groups in total. The second-order valence-electron chi connectivity index (χ2n) is 4.47. The highest BCUT2D eigenvalue weighted by Crippen LogP contribution is 2.31. The standard InChI is InChI=1S/C9H16N2O5S/c1-9(8(10)14)3-4-11(6-9)17(15,16)5-2-7(12)13/h2-6H2,1H3,(H2,10,14)(H,12,13). The summed E-state index contributed by atoms with van der Waals surface area (Å²) in [4.78, 5) is 21.5. The summed E-state index contributed by atoms with van der Waals surface area (Å²) in [7, 11) is -3.61. The van der Waals surface area contributed by atoms with E-state index in [1.54, 1.807) is 6.92 Å². The first-order valence-electron chi connectivity index (χ1n) is 5.17. The molecule has 0 aromatic carbocycles. The Morgan fingerprint density at radius 2 is 2.06 bits per heavy atom. The fraction of sp³-hybridized carbons (Fsp3) is 0.778. The molecule has 7 nitrogen and oxygen atoms in total. The molecule has 0 aromatic rings. The zero-order valence-electron chi connectivity index (χ0n) is 9.55. The van der Waals surface area contributed by atoms with E-state index >= 15 is 0 Å². The Hall–Kier alpha value is -1.15. The summed E-state index contributed by atoms with van der Waals surface area (Å²) in [6.07, 6.45) is -0.0687. The maximum absolute atomic E-state index is 11.8. The van der Waals surface area contributed by atoms with Gasteiger partial charge < -0.3 is 10.8 Å². The minimum atomic E-state index is -3.61. The van der Waals surface area contributed by atoms with Gasteiger partial charge in [-0.3, -0.25) is 9.59 Å². The number of aliphatic carboxylic acids is 1. The molecule has 98 valence electrons. The van der Waals surface area contributed by atoms with Crippen molar-refractivity contribution in [3.05, 3.63) is 0 Å². The zero-order chi connectivity index (χ0) is 13.3. The van der Waals surface area contributed by atoms with Gasteiger partial charge in [0.1, 0.15) is 0 Å². The number of carbonyl (C=O) groups excluding carboxylic acids is 1. The lowest BCUT2D eigenvalue weighted by molar-refractivity contribution is -0.136. The highest BCUT2D eigenvalue weighted by atomic mass is 32.2. The predicted molar refractivity (Wildman–Crippen MR) is 59.5 cm³/mol. The normalized spacial score (nSPS) is 25.9. The van der Waals surface area contributed by atoms with Crippen molar-refractivity contribution >= 4 is 21.9 Å². The zero-order valence-corrected chi connectivity index (χ0v) is 10.4. The first-order chi connectivity index (χ1) is 7.67. The van der Waals surface area contributed by atoms with Gasteiger partial charge in [0.2, 0.25) is 15.9 Å². The summed E-state index contributed by atoms with van der Waals surface area (Å²) < 4.78 is 24.7. The van der Waals surface area contributed by atoms with Crippen LogP contribution in [0.1, 0.15) is 19.8 Å². The molecular weight excluding hydrogens is 248 g/mol. The minimum Gasteiger partial charge on any atom is -0.481 e. The van der Waals surface area contributed by atoms with E-state index in [2.05, 4.69) is 0 Å². The first kappa shape index (κ1) is 13.9. The Bertz CT molecular complexity index is 433. The quantitative estimate of drug-likeness (QED) is 0.659. The van der Waals surface area contributed by atoms with Crippen LogP contribution in [0.25, 0.3) is 0 Å². The Kier molecular flexibility index (Phi) is 3.78. The van der Waals surface area contributed by atoms with Crippen LogP contribution in [0, 0.1) is 5.41 Å². The van der Waals surface area contributed by atoms with E-state index in [0.717, 1.165) is 4.31 Å². The lowest BCUT2D eigenvalue weighted by Crippen LogP contribution is -2.39. The van der Waals surface area contributed by atoms with E-state index in [1.165, 1.54) is 0 Å². The maximum Gasteiger partial charge on any atom is 0.304 e. The lowest BCUT2D eigenvalue weighted by Gasteiger charge is -2.20. The van der Waals surface area contributed by atoms with Crippen molar-refractivity contribution in [3.63, 3.8) is 0 Å². The summed E-state index contributed by atoms with van der Waals surface area (Å²) in [6.45, 7) is 1.85. The van der Waals surface area contributed by atoms with Crippen LogP contribution in [0.15, 0.2) is 0 Å². The number of nitrogens with two attached hydrogens (primary N) is 1. The molecule has 0 aliphatic carbocycles. The van der Waals surface area contributed by atoms with Gasteiger partial charge in [0.25, 0.3) is 0 Å². The lowest BCUT2D eigenvalue weighted by atomic mass is 9.89. The molecule has 8 heteroatoms. The summed E-state index contributed by atoms with van der Waals surface area (Å²) in [5, 5.41) is 8.45. The van der Waals surface area contributed by atoms with Crippen LogP contribution < -0.4 is 5.73 Å². The largest absolute Gasteiger partial charge is 0.481 e. The van der Waals surface area contributed by atoms with Crippen molar-refractivity contribution in [2.45, 2.75) is 19.8 Å². The van der Waals surface area contributed by atoms with Crippen molar-refractivity contribution in [2.24, 2.45) is 11.1 Å². The predicted octanol–water partition coefficient (Wildman–Crippen LogP) is -1.01. The second kappa shape index (κ2) is 4.61. The molecule has 0 saturated carbocycles. The van der Waals surface area contributed by atoms with Crippen molar-refractivity contribution in [3.8, 4) is 0 Å². The molecule has 1 heterocycles. The number of primary amides is 1. The van der Waals surface area contributed by atoms with Gasteiger partial charge in [-0.15, -0.1) is 0 Å². The van der Waals surface area contributed by atoms with Gasteiger partial charge in [-0.25, -0.2) is 12.7 Å². The summed E-state index contributed by atoms with van der Waals surface area (Å²) in [6, 6.07) is 0. The number of hydrogen-bond donors (Lipinski definition) is 2. The van der Waals surface area contributed by atoms with Gasteiger partial charge >= 0.3 is 5.97 Å².